The molecule has 0 saturated heterocycles. The monoisotopic (exact) mass is 285 g/mol. The number of esters is 1. The summed E-state index contributed by atoms with van der Waals surface area (Å²) >= 11 is 1.58. The summed E-state index contributed by atoms with van der Waals surface area (Å²) < 4.78 is 6.38. The Morgan fingerprint density at radius 2 is 2.20 bits per heavy atom. The molecule has 0 fully saturated rings. The van der Waals surface area contributed by atoms with Gasteiger partial charge in [-0.2, -0.15) is 5.10 Å². The van der Waals surface area contributed by atoms with Crippen LogP contribution in [0.2, 0.25) is 0 Å². The fraction of sp³-hybridized carbons (Fsp3) is 0.0714. The molecule has 3 rings (SSSR count). The van der Waals surface area contributed by atoms with E-state index in [-0.39, 0.29) is 5.69 Å². The van der Waals surface area contributed by atoms with Crippen molar-refractivity contribution in [1.82, 2.24) is 14.8 Å². The second-order valence-electron chi connectivity index (χ2n) is 3.98. The molecule has 0 bridgehead atoms. The first-order chi connectivity index (χ1) is 9.79. The van der Waals surface area contributed by atoms with Gasteiger partial charge in [0, 0.05) is 12.3 Å². The molecule has 0 saturated carbocycles. The van der Waals surface area contributed by atoms with Gasteiger partial charge in [-0.25, -0.2) is 14.5 Å². The lowest BCUT2D eigenvalue weighted by atomic mass is 10.3. The maximum Gasteiger partial charge on any atom is 0.358 e. The lowest BCUT2D eigenvalue weighted by Gasteiger charge is -2.03. The van der Waals surface area contributed by atoms with E-state index >= 15 is 0 Å². The Bertz CT molecular complexity index is 720. The van der Waals surface area contributed by atoms with Crippen LogP contribution in [0, 0.1) is 0 Å². The first kappa shape index (κ1) is 12.6. The summed E-state index contributed by atoms with van der Waals surface area (Å²) in [4.78, 5) is 16.9. The van der Waals surface area contributed by atoms with Crippen molar-refractivity contribution >= 4 is 17.3 Å². The van der Waals surface area contributed by atoms with Gasteiger partial charge in [0.15, 0.2) is 11.5 Å². The van der Waals surface area contributed by atoms with Gasteiger partial charge in [0.1, 0.15) is 0 Å². The fourth-order valence-electron chi connectivity index (χ4n) is 1.84. The molecule has 0 unspecified atom stereocenters. The maximum absolute atomic E-state index is 11.7. The molecule has 0 radical (unpaired) electrons. The average molecular weight is 285 g/mol. The molecule has 3 aromatic rings. The fourth-order valence-corrected chi connectivity index (χ4v) is 2.57. The van der Waals surface area contributed by atoms with E-state index in [1.807, 2.05) is 35.7 Å². The van der Waals surface area contributed by atoms with Crippen LogP contribution in [0.4, 0.5) is 0 Å². The summed E-state index contributed by atoms with van der Waals surface area (Å²) in [6.45, 7) is 0. The molecule has 0 N–H and O–H groups in total. The topological polar surface area (TPSA) is 57.0 Å². The van der Waals surface area contributed by atoms with Crippen molar-refractivity contribution < 1.29 is 9.53 Å². The Morgan fingerprint density at radius 1 is 1.30 bits per heavy atom. The maximum atomic E-state index is 11.7. The summed E-state index contributed by atoms with van der Waals surface area (Å²) in [5, 5.41) is 6.27. The van der Waals surface area contributed by atoms with Gasteiger partial charge in [-0.15, -0.1) is 11.3 Å². The van der Waals surface area contributed by atoms with Gasteiger partial charge in [0.2, 0.25) is 0 Å². The zero-order valence-corrected chi connectivity index (χ0v) is 11.5. The smallest absolute Gasteiger partial charge is 0.358 e. The van der Waals surface area contributed by atoms with Crippen LogP contribution in [0.25, 0.3) is 16.4 Å². The number of hydrogen-bond acceptors (Lipinski definition) is 5. The average Bonchev–Trinajstić information content (AvgIpc) is 3.16. The number of carbonyl (C=O) groups excluding carboxylic acids is 1. The van der Waals surface area contributed by atoms with Crippen LogP contribution < -0.4 is 0 Å². The number of ether oxygens (including phenoxy) is 1. The van der Waals surface area contributed by atoms with Crippen molar-refractivity contribution in [1.29, 1.82) is 0 Å². The van der Waals surface area contributed by atoms with Gasteiger partial charge >= 0.3 is 5.97 Å². The zero-order chi connectivity index (χ0) is 13.9. The highest BCUT2D eigenvalue weighted by Crippen LogP contribution is 2.27. The van der Waals surface area contributed by atoms with Crippen LogP contribution in [-0.2, 0) is 4.74 Å². The molecule has 3 aromatic heterocycles. The molecule has 0 aromatic carbocycles. The normalized spacial score (nSPS) is 10.4. The van der Waals surface area contributed by atoms with E-state index in [9.17, 15) is 4.79 Å². The summed E-state index contributed by atoms with van der Waals surface area (Å²) in [7, 11) is 1.34. The largest absolute Gasteiger partial charge is 0.464 e. The van der Waals surface area contributed by atoms with Crippen molar-refractivity contribution in [3.63, 3.8) is 0 Å². The van der Waals surface area contributed by atoms with Crippen LogP contribution in [-0.4, -0.2) is 27.8 Å². The van der Waals surface area contributed by atoms with E-state index < -0.39 is 5.97 Å². The highest BCUT2D eigenvalue weighted by atomic mass is 32.1. The molecule has 100 valence electrons. The van der Waals surface area contributed by atoms with Crippen LogP contribution >= 0.6 is 11.3 Å². The number of rotatable bonds is 3. The lowest BCUT2D eigenvalue weighted by molar-refractivity contribution is 0.0593. The molecule has 0 aliphatic carbocycles. The summed E-state index contributed by atoms with van der Waals surface area (Å²) in [5.74, 6) is 0.198. The number of carbonyl (C=O) groups is 1. The van der Waals surface area contributed by atoms with E-state index in [2.05, 4.69) is 10.1 Å². The van der Waals surface area contributed by atoms with Gasteiger partial charge in [0.25, 0.3) is 0 Å². The van der Waals surface area contributed by atoms with Crippen LogP contribution in [0.5, 0.6) is 0 Å². The standard InChI is InChI=1S/C14H11N3O2S/c1-19-14(18)10-9-11(12-5-4-8-20-12)17(16-10)13-6-2-3-7-15-13/h2-9H,1H3. The number of methoxy groups -OCH3 is 1. The van der Waals surface area contributed by atoms with Crippen molar-refractivity contribution in [2.24, 2.45) is 0 Å². The highest BCUT2D eigenvalue weighted by molar-refractivity contribution is 7.13. The highest BCUT2D eigenvalue weighted by Gasteiger charge is 2.17. The minimum atomic E-state index is -0.461. The Labute approximate surface area is 119 Å². The van der Waals surface area contributed by atoms with Crippen LogP contribution in [0.1, 0.15) is 10.5 Å². The molecule has 20 heavy (non-hydrogen) atoms. The third kappa shape index (κ3) is 2.21. The molecule has 6 heteroatoms. The Kier molecular flexibility index (Phi) is 3.30. The van der Waals surface area contributed by atoms with Crippen molar-refractivity contribution in [3.05, 3.63) is 53.7 Å². The van der Waals surface area contributed by atoms with Crippen molar-refractivity contribution in [2.45, 2.75) is 0 Å². The summed E-state index contributed by atoms with van der Waals surface area (Å²) in [6.07, 6.45) is 1.69. The predicted octanol–water partition coefficient (Wildman–Crippen LogP) is 2.78. The molecule has 5 nitrogen and oxygen atoms in total. The van der Waals surface area contributed by atoms with Gasteiger partial charge in [-0.1, -0.05) is 12.1 Å². The molecule has 0 aliphatic rings. The molecule has 0 atom stereocenters. The SMILES string of the molecule is COC(=O)c1cc(-c2cccs2)n(-c2ccccn2)n1. The Balaban J connectivity index is 2.17. The molecular weight excluding hydrogens is 274 g/mol. The molecule has 0 spiro atoms. The third-order valence-electron chi connectivity index (χ3n) is 2.74. The predicted molar refractivity (Wildman–Crippen MR) is 76.0 cm³/mol. The van der Waals surface area contributed by atoms with Crippen LogP contribution in [0.3, 0.4) is 0 Å². The van der Waals surface area contributed by atoms with Crippen molar-refractivity contribution in [3.8, 4) is 16.4 Å². The summed E-state index contributed by atoms with van der Waals surface area (Å²) in [6, 6.07) is 11.2. The van der Waals surface area contributed by atoms with E-state index in [0.717, 1.165) is 10.6 Å². The number of thiophene rings is 1. The second-order valence-corrected chi connectivity index (χ2v) is 4.93. The second kappa shape index (κ2) is 5.26. The lowest BCUT2D eigenvalue weighted by Crippen LogP contribution is -2.05. The number of hydrogen-bond donors (Lipinski definition) is 0. The van der Waals surface area contributed by atoms with Gasteiger partial charge in [-0.3, -0.25) is 0 Å². The minimum absolute atomic E-state index is 0.265. The number of nitrogens with zero attached hydrogens (tertiary/aromatic N) is 3. The molecule has 0 amide bonds. The minimum Gasteiger partial charge on any atom is -0.464 e. The number of aromatic nitrogens is 3. The van der Waals surface area contributed by atoms with Crippen LogP contribution in [0.15, 0.2) is 48.0 Å². The van der Waals surface area contributed by atoms with E-state index in [0.29, 0.717) is 5.82 Å². The molecule has 0 aliphatic heterocycles. The third-order valence-corrected chi connectivity index (χ3v) is 3.64. The zero-order valence-electron chi connectivity index (χ0n) is 10.7. The molecule has 3 heterocycles. The van der Waals surface area contributed by atoms with Gasteiger partial charge < -0.3 is 4.74 Å². The Morgan fingerprint density at radius 3 is 2.85 bits per heavy atom. The molecular formula is C14H11N3O2S. The first-order valence-electron chi connectivity index (χ1n) is 5.93. The van der Waals surface area contributed by atoms with E-state index in [4.69, 9.17) is 4.74 Å². The van der Waals surface area contributed by atoms with Gasteiger partial charge in [-0.05, 0) is 23.6 Å². The quantitative estimate of drug-likeness (QED) is 0.694. The van der Waals surface area contributed by atoms with E-state index in [1.54, 1.807) is 28.3 Å². The van der Waals surface area contributed by atoms with E-state index in [1.165, 1.54) is 7.11 Å². The van der Waals surface area contributed by atoms with Crippen molar-refractivity contribution in [2.75, 3.05) is 7.11 Å². The number of pyridine rings is 1. The summed E-state index contributed by atoms with van der Waals surface area (Å²) in [5.41, 5.74) is 1.08. The van der Waals surface area contributed by atoms with Gasteiger partial charge in [0.05, 0.1) is 17.7 Å². The Hall–Kier alpha value is -2.47. The first-order valence-corrected chi connectivity index (χ1v) is 6.81.